The highest BCUT2D eigenvalue weighted by Gasteiger charge is 2.24. The fourth-order valence-corrected chi connectivity index (χ4v) is 3.50. The van der Waals surface area contributed by atoms with Gasteiger partial charge in [-0.3, -0.25) is 5.10 Å². The van der Waals surface area contributed by atoms with Crippen LogP contribution in [-0.2, 0) is 0 Å². The minimum atomic E-state index is -0.158. The number of aromatic amines is 1. The molecule has 2 N–H and O–H groups in total. The lowest BCUT2D eigenvalue weighted by atomic mass is 10.2. The molecule has 2 amide bonds. The first-order valence-corrected chi connectivity index (χ1v) is 9.11. The molecule has 0 radical (unpaired) electrons. The predicted octanol–water partition coefficient (Wildman–Crippen LogP) is 2.41. The van der Waals surface area contributed by atoms with E-state index in [0.717, 1.165) is 30.2 Å². The Labute approximate surface area is 164 Å². The van der Waals surface area contributed by atoms with Crippen molar-refractivity contribution in [2.75, 3.05) is 57.7 Å². The molecule has 9 heteroatoms. The highest BCUT2D eigenvalue weighted by Crippen LogP contribution is 2.40. The zero-order chi connectivity index (χ0) is 20.3. The molecule has 0 aliphatic carbocycles. The van der Waals surface area contributed by atoms with Gasteiger partial charge in [0.05, 0.1) is 44.1 Å². The van der Waals surface area contributed by atoms with E-state index >= 15 is 0 Å². The molecule has 1 aromatic heterocycles. The second kappa shape index (κ2) is 8.28. The minimum absolute atomic E-state index is 0.158. The standard InChI is InChI=1S/C19H27N5O4/c1-12-17(13(2)22-21-12)23-6-8-24(9-7-23)19(25)20-14-10-15(26-3)18(28-5)16(11-14)27-4/h10-11H,6-9H2,1-5H3,(H,20,25)(H,21,22). The Bertz CT molecular complexity index is 798. The molecule has 0 saturated carbocycles. The van der Waals surface area contributed by atoms with Gasteiger partial charge in [0.2, 0.25) is 5.75 Å². The van der Waals surface area contributed by atoms with Crippen LogP contribution in [0.5, 0.6) is 17.2 Å². The van der Waals surface area contributed by atoms with E-state index in [2.05, 4.69) is 20.4 Å². The van der Waals surface area contributed by atoms with E-state index < -0.39 is 0 Å². The van der Waals surface area contributed by atoms with Crippen LogP contribution < -0.4 is 24.4 Å². The van der Waals surface area contributed by atoms with Crippen molar-refractivity contribution in [3.63, 3.8) is 0 Å². The number of amides is 2. The lowest BCUT2D eigenvalue weighted by Crippen LogP contribution is -2.50. The van der Waals surface area contributed by atoms with Gasteiger partial charge in [0, 0.05) is 38.3 Å². The summed E-state index contributed by atoms with van der Waals surface area (Å²) in [5.74, 6) is 1.48. The number of aryl methyl sites for hydroxylation is 2. The maximum absolute atomic E-state index is 12.7. The van der Waals surface area contributed by atoms with Gasteiger partial charge >= 0.3 is 6.03 Å². The average Bonchev–Trinajstić information content (AvgIpc) is 3.05. The normalized spacial score (nSPS) is 14.0. The lowest BCUT2D eigenvalue weighted by Gasteiger charge is -2.36. The molecular formula is C19H27N5O4. The number of ether oxygens (including phenoxy) is 3. The Kier molecular flexibility index (Phi) is 5.81. The number of anilines is 2. The molecule has 2 heterocycles. The molecule has 1 aliphatic rings. The fourth-order valence-electron chi connectivity index (χ4n) is 3.50. The molecule has 1 aromatic carbocycles. The SMILES string of the molecule is COc1cc(NC(=O)N2CCN(c3c(C)n[nH]c3C)CC2)cc(OC)c1OC. The highest BCUT2D eigenvalue weighted by molar-refractivity contribution is 5.90. The van der Waals surface area contributed by atoms with Crippen molar-refractivity contribution in [2.24, 2.45) is 0 Å². The van der Waals surface area contributed by atoms with Crippen LogP contribution in [0.1, 0.15) is 11.4 Å². The molecule has 2 aromatic rings. The summed E-state index contributed by atoms with van der Waals surface area (Å²) in [7, 11) is 4.63. The maximum atomic E-state index is 12.7. The topological polar surface area (TPSA) is 92.0 Å². The van der Waals surface area contributed by atoms with E-state index in [4.69, 9.17) is 14.2 Å². The van der Waals surface area contributed by atoms with Crippen LogP contribution in [0.4, 0.5) is 16.2 Å². The summed E-state index contributed by atoms with van der Waals surface area (Å²) in [5, 5.41) is 10.2. The van der Waals surface area contributed by atoms with Gasteiger partial charge in [0.25, 0.3) is 0 Å². The number of aromatic nitrogens is 2. The second-order valence-corrected chi connectivity index (χ2v) is 6.60. The van der Waals surface area contributed by atoms with Gasteiger partial charge in [0.15, 0.2) is 11.5 Å². The molecule has 3 rings (SSSR count). The van der Waals surface area contributed by atoms with Crippen molar-refractivity contribution >= 4 is 17.4 Å². The molecular weight excluding hydrogens is 362 g/mol. The second-order valence-electron chi connectivity index (χ2n) is 6.60. The van der Waals surface area contributed by atoms with Crippen LogP contribution in [0.25, 0.3) is 0 Å². The minimum Gasteiger partial charge on any atom is -0.493 e. The molecule has 0 atom stereocenters. The summed E-state index contributed by atoms with van der Waals surface area (Å²) in [4.78, 5) is 16.8. The Hall–Kier alpha value is -3.10. The van der Waals surface area contributed by atoms with Gasteiger partial charge in [-0.1, -0.05) is 0 Å². The molecule has 1 saturated heterocycles. The smallest absolute Gasteiger partial charge is 0.321 e. The molecule has 0 spiro atoms. The number of carbonyl (C=O) groups is 1. The van der Waals surface area contributed by atoms with E-state index in [1.807, 2.05) is 13.8 Å². The number of carbonyl (C=O) groups excluding carboxylic acids is 1. The Morgan fingerprint density at radius 1 is 1.04 bits per heavy atom. The van der Waals surface area contributed by atoms with Crippen molar-refractivity contribution in [3.05, 3.63) is 23.5 Å². The van der Waals surface area contributed by atoms with E-state index in [1.165, 1.54) is 0 Å². The number of hydrogen-bond donors (Lipinski definition) is 2. The van der Waals surface area contributed by atoms with Crippen LogP contribution in [0, 0.1) is 13.8 Å². The van der Waals surface area contributed by atoms with Gasteiger partial charge in [-0.2, -0.15) is 5.10 Å². The summed E-state index contributed by atoms with van der Waals surface area (Å²) >= 11 is 0. The number of nitrogens with one attached hydrogen (secondary N) is 2. The van der Waals surface area contributed by atoms with Gasteiger partial charge in [-0.25, -0.2) is 4.79 Å². The molecule has 0 bridgehead atoms. The summed E-state index contributed by atoms with van der Waals surface area (Å²) in [6, 6.07) is 3.27. The zero-order valence-electron chi connectivity index (χ0n) is 17.0. The first-order chi connectivity index (χ1) is 13.5. The van der Waals surface area contributed by atoms with Crippen LogP contribution in [-0.4, -0.2) is 68.6 Å². The number of nitrogens with zero attached hydrogens (tertiary/aromatic N) is 3. The van der Waals surface area contributed by atoms with Crippen molar-refractivity contribution in [1.82, 2.24) is 15.1 Å². The first kappa shape index (κ1) is 19.7. The average molecular weight is 389 g/mol. The molecule has 1 fully saturated rings. The van der Waals surface area contributed by atoms with Crippen LogP contribution in [0.3, 0.4) is 0 Å². The van der Waals surface area contributed by atoms with Crippen molar-refractivity contribution in [2.45, 2.75) is 13.8 Å². The van der Waals surface area contributed by atoms with E-state index in [-0.39, 0.29) is 6.03 Å². The van der Waals surface area contributed by atoms with Gasteiger partial charge in [-0.15, -0.1) is 0 Å². The molecule has 1 aliphatic heterocycles. The summed E-state index contributed by atoms with van der Waals surface area (Å²) in [6.45, 7) is 6.76. The summed E-state index contributed by atoms with van der Waals surface area (Å²) < 4.78 is 16.0. The third kappa shape index (κ3) is 3.78. The lowest BCUT2D eigenvalue weighted by molar-refractivity contribution is 0.208. The third-order valence-corrected chi connectivity index (χ3v) is 4.89. The van der Waals surface area contributed by atoms with Crippen LogP contribution in [0.15, 0.2) is 12.1 Å². The van der Waals surface area contributed by atoms with Gasteiger partial charge in [-0.05, 0) is 13.8 Å². The zero-order valence-corrected chi connectivity index (χ0v) is 17.0. The number of methoxy groups -OCH3 is 3. The Balaban J connectivity index is 1.66. The number of hydrogen-bond acceptors (Lipinski definition) is 6. The number of piperazine rings is 1. The van der Waals surface area contributed by atoms with Crippen molar-refractivity contribution in [1.29, 1.82) is 0 Å². The number of urea groups is 1. The van der Waals surface area contributed by atoms with Crippen LogP contribution >= 0.6 is 0 Å². The van der Waals surface area contributed by atoms with E-state index in [1.54, 1.807) is 38.4 Å². The first-order valence-electron chi connectivity index (χ1n) is 9.11. The molecule has 9 nitrogen and oxygen atoms in total. The molecule has 0 unspecified atom stereocenters. The Morgan fingerprint density at radius 2 is 1.64 bits per heavy atom. The monoisotopic (exact) mass is 389 g/mol. The molecule has 28 heavy (non-hydrogen) atoms. The maximum Gasteiger partial charge on any atom is 0.321 e. The number of benzene rings is 1. The highest BCUT2D eigenvalue weighted by atomic mass is 16.5. The van der Waals surface area contributed by atoms with Crippen LogP contribution in [0.2, 0.25) is 0 Å². The van der Waals surface area contributed by atoms with Gasteiger partial charge < -0.3 is 29.3 Å². The van der Waals surface area contributed by atoms with E-state index in [0.29, 0.717) is 36.0 Å². The van der Waals surface area contributed by atoms with Gasteiger partial charge in [0.1, 0.15) is 0 Å². The fraction of sp³-hybridized carbons (Fsp3) is 0.474. The molecule has 152 valence electrons. The quantitative estimate of drug-likeness (QED) is 0.816. The summed E-state index contributed by atoms with van der Waals surface area (Å²) in [6.07, 6.45) is 0. The van der Waals surface area contributed by atoms with Crippen molar-refractivity contribution in [3.8, 4) is 17.2 Å². The largest absolute Gasteiger partial charge is 0.493 e. The predicted molar refractivity (Wildman–Crippen MR) is 107 cm³/mol. The van der Waals surface area contributed by atoms with Crippen molar-refractivity contribution < 1.29 is 19.0 Å². The van der Waals surface area contributed by atoms with E-state index in [9.17, 15) is 4.79 Å². The number of rotatable bonds is 5. The number of H-pyrrole nitrogens is 1. The third-order valence-electron chi connectivity index (χ3n) is 4.89. The Morgan fingerprint density at radius 3 is 2.11 bits per heavy atom. The summed E-state index contributed by atoms with van der Waals surface area (Å²) in [5.41, 5.74) is 3.74.